The molecular weight excluding hydrogens is 228 g/mol. The standard InChI is InChI=1S/C10H15BrN2/c1-6(2)9(12)10-8(11)4-7(3)5-13-10/h4-6,9H,12H2,1-3H3/t9-/m1/s1. The van der Waals surface area contributed by atoms with Crippen LogP contribution in [0.3, 0.4) is 0 Å². The number of pyridine rings is 1. The summed E-state index contributed by atoms with van der Waals surface area (Å²) in [6, 6.07) is 2.06. The number of halogens is 1. The summed E-state index contributed by atoms with van der Waals surface area (Å²) in [6.07, 6.45) is 1.85. The van der Waals surface area contributed by atoms with Gasteiger partial charge in [-0.3, -0.25) is 4.98 Å². The third-order valence-corrected chi connectivity index (χ3v) is 2.68. The predicted octanol–water partition coefficient (Wildman–Crippen LogP) is 2.81. The quantitative estimate of drug-likeness (QED) is 0.867. The Bertz CT molecular complexity index is 297. The lowest BCUT2D eigenvalue weighted by molar-refractivity contribution is 0.501. The van der Waals surface area contributed by atoms with E-state index >= 15 is 0 Å². The van der Waals surface area contributed by atoms with Gasteiger partial charge in [0.2, 0.25) is 0 Å². The molecule has 1 heterocycles. The van der Waals surface area contributed by atoms with Crippen molar-refractivity contribution in [2.75, 3.05) is 0 Å². The molecule has 0 saturated heterocycles. The topological polar surface area (TPSA) is 38.9 Å². The van der Waals surface area contributed by atoms with Crippen LogP contribution in [0.25, 0.3) is 0 Å². The highest BCUT2D eigenvalue weighted by Gasteiger charge is 2.14. The molecule has 13 heavy (non-hydrogen) atoms. The average molecular weight is 243 g/mol. The van der Waals surface area contributed by atoms with Gasteiger partial charge in [-0.05, 0) is 40.4 Å². The first kappa shape index (κ1) is 10.7. The Morgan fingerprint density at radius 1 is 1.46 bits per heavy atom. The highest BCUT2D eigenvalue weighted by Crippen LogP contribution is 2.25. The van der Waals surface area contributed by atoms with Gasteiger partial charge in [-0.15, -0.1) is 0 Å². The van der Waals surface area contributed by atoms with Gasteiger partial charge in [0.15, 0.2) is 0 Å². The molecule has 0 radical (unpaired) electrons. The zero-order chi connectivity index (χ0) is 10.0. The van der Waals surface area contributed by atoms with E-state index in [0.717, 1.165) is 15.7 Å². The van der Waals surface area contributed by atoms with Crippen molar-refractivity contribution in [3.05, 3.63) is 28.0 Å². The minimum atomic E-state index is 0.00924. The van der Waals surface area contributed by atoms with Crippen LogP contribution in [-0.4, -0.2) is 4.98 Å². The van der Waals surface area contributed by atoms with Crippen molar-refractivity contribution in [2.24, 2.45) is 11.7 Å². The van der Waals surface area contributed by atoms with E-state index in [1.165, 1.54) is 0 Å². The van der Waals surface area contributed by atoms with Gasteiger partial charge >= 0.3 is 0 Å². The normalized spacial score (nSPS) is 13.4. The molecule has 0 fully saturated rings. The molecule has 0 aliphatic carbocycles. The van der Waals surface area contributed by atoms with Crippen LogP contribution in [0, 0.1) is 12.8 Å². The Labute approximate surface area is 87.7 Å². The number of aromatic nitrogens is 1. The maximum absolute atomic E-state index is 6.00. The highest BCUT2D eigenvalue weighted by molar-refractivity contribution is 9.10. The number of rotatable bonds is 2. The van der Waals surface area contributed by atoms with Crippen molar-refractivity contribution in [1.29, 1.82) is 0 Å². The molecule has 2 N–H and O–H groups in total. The summed E-state index contributed by atoms with van der Waals surface area (Å²) in [5.41, 5.74) is 8.09. The van der Waals surface area contributed by atoms with Crippen LogP contribution in [0.4, 0.5) is 0 Å². The third kappa shape index (κ3) is 2.51. The fraction of sp³-hybridized carbons (Fsp3) is 0.500. The SMILES string of the molecule is Cc1cnc([C@H](N)C(C)C)c(Br)c1. The van der Waals surface area contributed by atoms with E-state index in [9.17, 15) is 0 Å². The van der Waals surface area contributed by atoms with Gasteiger partial charge in [-0.25, -0.2) is 0 Å². The summed E-state index contributed by atoms with van der Waals surface area (Å²) < 4.78 is 1.01. The van der Waals surface area contributed by atoms with Crippen LogP contribution in [0.5, 0.6) is 0 Å². The van der Waals surface area contributed by atoms with Crippen molar-refractivity contribution in [2.45, 2.75) is 26.8 Å². The van der Waals surface area contributed by atoms with Crippen molar-refractivity contribution in [3.8, 4) is 0 Å². The predicted molar refractivity (Wildman–Crippen MR) is 58.4 cm³/mol. The Balaban J connectivity index is 3.01. The molecule has 0 amide bonds. The zero-order valence-corrected chi connectivity index (χ0v) is 9.80. The largest absolute Gasteiger partial charge is 0.322 e. The molecule has 0 unspecified atom stereocenters. The molecule has 1 aromatic rings. The van der Waals surface area contributed by atoms with E-state index in [1.54, 1.807) is 0 Å². The van der Waals surface area contributed by atoms with E-state index < -0.39 is 0 Å². The fourth-order valence-electron chi connectivity index (χ4n) is 1.11. The summed E-state index contributed by atoms with van der Waals surface area (Å²) in [4.78, 5) is 4.33. The molecule has 72 valence electrons. The molecule has 3 heteroatoms. The van der Waals surface area contributed by atoms with Gasteiger partial charge in [-0.1, -0.05) is 13.8 Å². The van der Waals surface area contributed by atoms with Crippen LogP contribution in [0.1, 0.15) is 31.1 Å². The molecule has 0 aliphatic rings. The van der Waals surface area contributed by atoms with Crippen LogP contribution in [0.2, 0.25) is 0 Å². The second-order valence-corrected chi connectivity index (χ2v) is 4.50. The van der Waals surface area contributed by atoms with E-state index in [0.29, 0.717) is 5.92 Å². The van der Waals surface area contributed by atoms with E-state index in [4.69, 9.17) is 5.73 Å². The monoisotopic (exact) mass is 242 g/mol. The lowest BCUT2D eigenvalue weighted by atomic mass is 10.0. The zero-order valence-electron chi connectivity index (χ0n) is 8.21. The smallest absolute Gasteiger partial charge is 0.0715 e. The van der Waals surface area contributed by atoms with Crippen LogP contribution >= 0.6 is 15.9 Å². The second-order valence-electron chi connectivity index (χ2n) is 3.65. The Kier molecular flexibility index (Phi) is 3.45. The third-order valence-electron chi connectivity index (χ3n) is 2.04. The molecule has 2 nitrogen and oxygen atoms in total. The van der Waals surface area contributed by atoms with Gasteiger partial charge in [0.05, 0.1) is 11.7 Å². The summed E-state index contributed by atoms with van der Waals surface area (Å²) >= 11 is 3.47. The summed E-state index contributed by atoms with van der Waals surface area (Å²) in [5.74, 6) is 0.409. The Morgan fingerprint density at radius 2 is 2.08 bits per heavy atom. The fourth-order valence-corrected chi connectivity index (χ4v) is 1.83. The number of hydrogen-bond donors (Lipinski definition) is 1. The molecular formula is C10H15BrN2. The lowest BCUT2D eigenvalue weighted by Gasteiger charge is -2.16. The van der Waals surface area contributed by atoms with Crippen molar-refractivity contribution < 1.29 is 0 Å². The van der Waals surface area contributed by atoms with Gasteiger partial charge in [-0.2, -0.15) is 0 Å². The molecule has 0 aromatic carbocycles. The number of hydrogen-bond acceptors (Lipinski definition) is 2. The van der Waals surface area contributed by atoms with Crippen LogP contribution in [0.15, 0.2) is 16.7 Å². The molecule has 1 rings (SSSR count). The van der Waals surface area contributed by atoms with Gasteiger partial charge in [0.1, 0.15) is 0 Å². The van der Waals surface area contributed by atoms with Crippen LogP contribution in [-0.2, 0) is 0 Å². The Morgan fingerprint density at radius 3 is 2.54 bits per heavy atom. The van der Waals surface area contributed by atoms with Crippen molar-refractivity contribution in [3.63, 3.8) is 0 Å². The van der Waals surface area contributed by atoms with E-state index in [2.05, 4.69) is 34.8 Å². The van der Waals surface area contributed by atoms with Gasteiger partial charge in [0, 0.05) is 10.7 Å². The highest BCUT2D eigenvalue weighted by atomic mass is 79.9. The Hall–Kier alpha value is -0.410. The first-order chi connectivity index (χ1) is 6.02. The summed E-state index contributed by atoms with van der Waals surface area (Å²) in [7, 11) is 0. The molecule has 0 saturated carbocycles. The van der Waals surface area contributed by atoms with Gasteiger partial charge < -0.3 is 5.73 Å². The van der Waals surface area contributed by atoms with Gasteiger partial charge in [0.25, 0.3) is 0 Å². The number of aryl methyl sites for hydroxylation is 1. The minimum Gasteiger partial charge on any atom is -0.322 e. The van der Waals surface area contributed by atoms with E-state index in [-0.39, 0.29) is 6.04 Å². The lowest BCUT2D eigenvalue weighted by Crippen LogP contribution is -2.18. The van der Waals surface area contributed by atoms with E-state index in [1.807, 2.05) is 19.2 Å². The molecule has 0 aliphatic heterocycles. The summed E-state index contributed by atoms with van der Waals surface area (Å²) in [6.45, 7) is 6.21. The first-order valence-corrected chi connectivity index (χ1v) is 5.19. The molecule has 1 aromatic heterocycles. The first-order valence-electron chi connectivity index (χ1n) is 4.40. The maximum atomic E-state index is 6.00. The van der Waals surface area contributed by atoms with Crippen LogP contribution < -0.4 is 5.73 Å². The molecule has 1 atom stereocenters. The van der Waals surface area contributed by atoms with Crippen molar-refractivity contribution in [1.82, 2.24) is 4.98 Å². The number of nitrogens with two attached hydrogens (primary N) is 1. The average Bonchev–Trinajstić information content (AvgIpc) is 2.03. The van der Waals surface area contributed by atoms with Crippen molar-refractivity contribution >= 4 is 15.9 Å². The molecule has 0 bridgehead atoms. The minimum absolute atomic E-state index is 0.00924. The molecule has 0 spiro atoms. The second kappa shape index (κ2) is 4.20. The maximum Gasteiger partial charge on any atom is 0.0715 e. The summed E-state index contributed by atoms with van der Waals surface area (Å²) in [5, 5.41) is 0. The number of nitrogens with zero attached hydrogens (tertiary/aromatic N) is 1.